The summed E-state index contributed by atoms with van der Waals surface area (Å²) >= 11 is 0. The summed E-state index contributed by atoms with van der Waals surface area (Å²) in [6, 6.07) is 10.1. The van der Waals surface area contributed by atoms with Gasteiger partial charge in [-0.3, -0.25) is 4.98 Å². The quantitative estimate of drug-likeness (QED) is 0.777. The van der Waals surface area contributed by atoms with Gasteiger partial charge in [-0.05, 0) is 24.1 Å². The van der Waals surface area contributed by atoms with Gasteiger partial charge in [0, 0.05) is 24.8 Å². The molecule has 19 heavy (non-hydrogen) atoms. The van der Waals surface area contributed by atoms with E-state index in [1.54, 1.807) is 6.33 Å². The number of rotatable bonds is 3. The highest BCUT2D eigenvalue weighted by Gasteiger charge is 2.12. The van der Waals surface area contributed by atoms with Crippen LogP contribution in [0.1, 0.15) is 17.3 Å². The Balaban J connectivity index is 1.96. The molecule has 0 fully saturated rings. The molecule has 2 N–H and O–H groups in total. The lowest BCUT2D eigenvalue weighted by molar-refractivity contribution is 0.658. The first kappa shape index (κ1) is 11.9. The number of nitrogens with two attached hydrogens (primary N) is 1. The number of hydrogen-bond donors (Lipinski definition) is 1. The number of benzene rings is 1. The fourth-order valence-corrected chi connectivity index (χ4v) is 2.40. The van der Waals surface area contributed by atoms with Gasteiger partial charge in [0.1, 0.15) is 0 Å². The van der Waals surface area contributed by atoms with Crippen molar-refractivity contribution in [2.75, 3.05) is 0 Å². The van der Waals surface area contributed by atoms with Crippen LogP contribution < -0.4 is 5.73 Å². The standard InChI is InChI=1S/C15H16N4/c1-19-10-17-9-15(19)13(16)8-11-6-7-18-14-5-3-2-4-12(11)14/h2-7,9-10,13H,8,16H2,1H3. The molecule has 1 atom stereocenters. The smallest absolute Gasteiger partial charge is 0.0946 e. The molecule has 96 valence electrons. The molecular formula is C15H16N4. The number of pyridine rings is 1. The molecule has 2 aromatic heterocycles. The molecule has 2 heterocycles. The SMILES string of the molecule is Cn1cncc1C(N)Cc1ccnc2ccccc12. The fourth-order valence-electron chi connectivity index (χ4n) is 2.40. The largest absolute Gasteiger partial charge is 0.336 e. The zero-order valence-corrected chi connectivity index (χ0v) is 10.8. The summed E-state index contributed by atoms with van der Waals surface area (Å²) in [6.07, 6.45) is 6.23. The molecule has 0 aliphatic rings. The van der Waals surface area contributed by atoms with Gasteiger partial charge in [0.15, 0.2) is 0 Å². The van der Waals surface area contributed by atoms with Gasteiger partial charge in [-0.25, -0.2) is 4.98 Å². The molecule has 0 saturated heterocycles. The molecule has 0 amide bonds. The summed E-state index contributed by atoms with van der Waals surface area (Å²) in [7, 11) is 1.97. The minimum absolute atomic E-state index is 0.0571. The first-order valence-corrected chi connectivity index (χ1v) is 6.30. The molecule has 0 radical (unpaired) electrons. The van der Waals surface area contributed by atoms with E-state index in [2.05, 4.69) is 16.0 Å². The van der Waals surface area contributed by atoms with Crippen LogP contribution >= 0.6 is 0 Å². The first-order chi connectivity index (χ1) is 9.25. The molecule has 0 aliphatic heterocycles. The van der Waals surface area contributed by atoms with Crippen LogP contribution in [-0.2, 0) is 13.5 Å². The predicted octanol–water partition coefficient (Wildman–Crippen LogP) is 2.21. The van der Waals surface area contributed by atoms with Crippen LogP contribution in [0.4, 0.5) is 0 Å². The second kappa shape index (κ2) is 4.82. The maximum atomic E-state index is 6.28. The minimum atomic E-state index is -0.0571. The van der Waals surface area contributed by atoms with Crippen molar-refractivity contribution in [1.82, 2.24) is 14.5 Å². The molecule has 3 rings (SSSR count). The number of aryl methyl sites for hydroxylation is 1. The van der Waals surface area contributed by atoms with Gasteiger partial charge in [0.05, 0.1) is 23.6 Å². The third kappa shape index (κ3) is 2.22. The lowest BCUT2D eigenvalue weighted by Crippen LogP contribution is -2.16. The zero-order valence-electron chi connectivity index (χ0n) is 10.8. The van der Waals surface area contributed by atoms with E-state index in [0.29, 0.717) is 0 Å². The van der Waals surface area contributed by atoms with Crippen molar-refractivity contribution in [3.8, 4) is 0 Å². The number of imidazole rings is 1. The predicted molar refractivity (Wildman–Crippen MR) is 75.6 cm³/mol. The van der Waals surface area contributed by atoms with E-state index in [-0.39, 0.29) is 6.04 Å². The van der Waals surface area contributed by atoms with E-state index in [0.717, 1.165) is 17.6 Å². The average Bonchev–Trinajstić information content (AvgIpc) is 2.85. The maximum absolute atomic E-state index is 6.28. The zero-order chi connectivity index (χ0) is 13.2. The Hall–Kier alpha value is -2.20. The molecule has 0 spiro atoms. The molecule has 1 aromatic carbocycles. The summed E-state index contributed by atoms with van der Waals surface area (Å²) in [6.45, 7) is 0. The van der Waals surface area contributed by atoms with Gasteiger partial charge in [-0.2, -0.15) is 0 Å². The van der Waals surface area contributed by atoms with Crippen molar-refractivity contribution in [2.24, 2.45) is 12.8 Å². The van der Waals surface area contributed by atoms with Gasteiger partial charge in [-0.1, -0.05) is 18.2 Å². The molecule has 0 saturated carbocycles. The lowest BCUT2D eigenvalue weighted by Gasteiger charge is -2.13. The lowest BCUT2D eigenvalue weighted by atomic mass is 10.0. The van der Waals surface area contributed by atoms with Crippen molar-refractivity contribution in [3.05, 3.63) is 60.3 Å². The molecule has 4 nitrogen and oxygen atoms in total. The monoisotopic (exact) mass is 252 g/mol. The second-order valence-electron chi connectivity index (χ2n) is 4.73. The second-order valence-corrected chi connectivity index (χ2v) is 4.73. The van der Waals surface area contributed by atoms with Crippen LogP contribution in [0.3, 0.4) is 0 Å². The Kier molecular flexibility index (Phi) is 3.01. The summed E-state index contributed by atoms with van der Waals surface area (Å²) in [4.78, 5) is 8.49. The summed E-state index contributed by atoms with van der Waals surface area (Å²) in [5.74, 6) is 0. The topological polar surface area (TPSA) is 56.7 Å². The van der Waals surface area contributed by atoms with Crippen molar-refractivity contribution in [3.63, 3.8) is 0 Å². The van der Waals surface area contributed by atoms with Crippen LogP contribution in [-0.4, -0.2) is 14.5 Å². The summed E-state index contributed by atoms with van der Waals surface area (Å²) in [5, 5.41) is 1.17. The van der Waals surface area contributed by atoms with Crippen molar-refractivity contribution in [2.45, 2.75) is 12.5 Å². The fraction of sp³-hybridized carbons (Fsp3) is 0.200. The van der Waals surface area contributed by atoms with E-state index >= 15 is 0 Å². The van der Waals surface area contributed by atoms with Crippen LogP contribution in [0.15, 0.2) is 49.1 Å². The highest BCUT2D eigenvalue weighted by Crippen LogP contribution is 2.21. The third-order valence-corrected chi connectivity index (χ3v) is 3.41. The molecule has 3 aromatic rings. The Morgan fingerprint density at radius 1 is 1.26 bits per heavy atom. The molecule has 0 aliphatic carbocycles. The van der Waals surface area contributed by atoms with Gasteiger partial charge in [0.25, 0.3) is 0 Å². The highest BCUT2D eigenvalue weighted by atomic mass is 15.0. The van der Waals surface area contributed by atoms with Gasteiger partial charge in [-0.15, -0.1) is 0 Å². The van der Waals surface area contributed by atoms with Crippen molar-refractivity contribution >= 4 is 10.9 Å². The van der Waals surface area contributed by atoms with Crippen LogP contribution in [0.2, 0.25) is 0 Å². The minimum Gasteiger partial charge on any atom is -0.336 e. The molecule has 0 bridgehead atoms. The van der Waals surface area contributed by atoms with Gasteiger partial charge in [0.2, 0.25) is 0 Å². The molecule has 1 unspecified atom stereocenters. The van der Waals surface area contributed by atoms with Crippen LogP contribution in [0.5, 0.6) is 0 Å². The van der Waals surface area contributed by atoms with Crippen LogP contribution in [0, 0.1) is 0 Å². The summed E-state index contributed by atoms with van der Waals surface area (Å²) in [5.41, 5.74) is 9.56. The highest BCUT2D eigenvalue weighted by molar-refractivity contribution is 5.81. The number of para-hydroxylation sites is 1. The Morgan fingerprint density at radius 2 is 2.11 bits per heavy atom. The molecular weight excluding hydrogens is 236 g/mol. The van der Waals surface area contributed by atoms with Crippen LogP contribution in [0.25, 0.3) is 10.9 Å². The number of nitrogens with zero attached hydrogens (tertiary/aromatic N) is 3. The summed E-state index contributed by atoms with van der Waals surface area (Å²) < 4.78 is 1.97. The first-order valence-electron chi connectivity index (χ1n) is 6.30. The Labute approximate surface area is 111 Å². The number of fused-ring (bicyclic) bond motifs is 1. The van der Waals surface area contributed by atoms with E-state index in [1.807, 2.05) is 48.3 Å². The number of aromatic nitrogens is 3. The maximum Gasteiger partial charge on any atom is 0.0946 e. The Bertz CT molecular complexity index is 697. The van der Waals surface area contributed by atoms with E-state index < -0.39 is 0 Å². The van der Waals surface area contributed by atoms with Gasteiger partial charge < -0.3 is 10.3 Å². The van der Waals surface area contributed by atoms with E-state index in [1.165, 1.54) is 10.9 Å². The average molecular weight is 252 g/mol. The van der Waals surface area contributed by atoms with Gasteiger partial charge >= 0.3 is 0 Å². The third-order valence-electron chi connectivity index (χ3n) is 3.41. The number of hydrogen-bond acceptors (Lipinski definition) is 3. The Morgan fingerprint density at radius 3 is 2.89 bits per heavy atom. The van der Waals surface area contributed by atoms with E-state index in [9.17, 15) is 0 Å². The van der Waals surface area contributed by atoms with Crippen molar-refractivity contribution in [1.29, 1.82) is 0 Å². The van der Waals surface area contributed by atoms with Crippen molar-refractivity contribution < 1.29 is 0 Å². The molecule has 4 heteroatoms. The normalized spacial score (nSPS) is 12.7. The van der Waals surface area contributed by atoms with E-state index in [4.69, 9.17) is 5.73 Å².